The van der Waals surface area contributed by atoms with E-state index in [0.29, 0.717) is 0 Å². The molecule has 0 atom stereocenters. The van der Waals surface area contributed by atoms with Gasteiger partial charge < -0.3 is 4.43 Å². The van der Waals surface area contributed by atoms with Gasteiger partial charge in [0.2, 0.25) is 8.32 Å². The van der Waals surface area contributed by atoms with Crippen LogP contribution in [0.5, 0.6) is 0 Å². The van der Waals surface area contributed by atoms with Crippen LogP contribution in [0.3, 0.4) is 0 Å². The maximum atomic E-state index is 5.66. The van der Waals surface area contributed by atoms with Gasteiger partial charge in [-0.3, -0.25) is 0 Å². The molecule has 0 saturated heterocycles. The normalized spacial score (nSPS) is 17.3. The van der Waals surface area contributed by atoms with Crippen molar-refractivity contribution in [3.63, 3.8) is 0 Å². The Bertz CT molecular complexity index is 174. The molecule has 0 amide bonds. The van der Waals surface area contributed by atoms with Crippen LogP contribution < -0.4 is 0 Å². The summed E-state index contributed by atoms with van der Waals surface area (Å²) in [5, 5.41) is 0. The SMILES string of the molecule is C[Si](C)(C)OC1=[C]CC=C1. The molecule has 1 aliphatic rings. The minimum absolute atomic E-state index is 0.916. The van der Waals surface area contributed by atoms with Crippen LogP contribution >= 0.6 is 0 Å². The highest BCUT2D eigenvalue weighted by atomic mass is 28.4. The van der Waals surface area contributed by atoms with Gasteiger partial charge in [0, 0.05) is 6.08 Å². The van der Waals surface area contributed by atoms with Gasteiger partial charge in [-0.15, -0.1) is 0 Å². The van der Waals surface area contributed by atoms with Gasteiger partial charge >= 0.3 is 0 Å². The molecule has 0 bridgehead atoms. The van der Waals surface area contributed by atoms with Gasteiger partial charge in [0.15, 0.2) is 0 Å². The van der Waals surface area contributed by atoms with E-state index in [2.05, 4.69) is 31.8 Å². The van der Waals surface area contributed by atoms with E-state index in [1.165, 1.54) is 0 Å². The summed E-state index contributed by atoms with van der Waals surface area (Å²) < 4.78 is 5.66. The topological polar surface area (TPSA) is 9.23 Å². The van der Waals surface area contributed by atoms with Crippen molar-refractivity contribution < 1.29 is 4.43 Å². The van der Waals surface area contributed by atoms with E-state index in [1.54, 1.807) is 0 Å². The lowest BCUT2D eigenvalue weighted by Gasteiger charge is -2.18. The predicted molar refractivity (Wildman–Crippen MR) is 44.9 cm³/mol. The Kier molecular flexibility index (Phi) is 1.99. The van der Waals surface area contributed by atoms with Crippen LogP contribution in [-0.2, 0) is 4.43 Å². The van der Waals surface area contributed by atoms with E-state index in [0.717, 1.165) is 12.2 Å². The summed E-state index contributed by atoms with van der Waals surface area (Å²) in [6.45, 7) is 6.52. The van der Waals surface area contributed by atoms with Crippen molar-refractivity contribution in [2.75, 3.05) is 0 Å². The van der Waals surface area contributed by atoms with Gasteiger partial charge in [-0.2, -0.15) is 0 Å². The third kappa shape index (κ3) is 2.39. The van der Waals surface area contributed by atoms with Crippen LogP contribution in [0.1, 0.15) is 6.42 Å². The summed E-state index contributed by atoms with van der Waals surface area (Å²) in [6, 6.07) is 0. The summed E-state index contributed by atoms with van der Waals surface area (Å²) in [5.41, 5.74) is 0. The molecule has 0 aromatic carbocycles. The first-order valence-electron chi connectivity index (χ1n) is 3.54. The fourth-order valence-electron chi connectivity index (χ4n) is 0.784. The molecule has 1 radical (unpaired) electrons. The molecule has 1 rings (SSSR count). The first-order valence-corrected chi connectivity index (χ1v) is 6.95. The zero-order valence-electron chi connectivity index (χ0n) is 6.77. The van der Waals surface area contributed by atoms with Crippen LogP contribution in [0.4, 0.5) is 0 Å². The van der Waals surface area contributed by atoms with Gasteiger partial charge in [0.1, 0.15) is 5.76 Å². The van der Waals surface area contributed by atoms with Crippen LogP contribution in [0, 0.1) is 6.08 Å². The Morgan fingerprint density at radius 3 is 2.60 bits per heavy atom. The molecule has 0 fully saturated rings. The largest absolute Gasteiger partial charge is 0.544 e. The highest BCUT2D eigenvalue weighted by Crippen LogP contribution is 2.15. The summed E-state index contributed by atoms with van der Waals surface area (Å²) in [5.74, 6) is 0.944. The standard InChI is InChI=1S/C8H13OSi/c1-10(2,3)9-8-6-4-5-7-8/h4,6H,5H2,1-3H3. The van der Waals surface area contributed by atoms with Gasteiger partial charge in [0.05, 0.1) is 0 Å². The average molecular weight is 153 g/mol. The van der Waals surface area contributed by atoms with E-state index in [-0.39, 0.29) is 0 Å². The Hall–Kier alpha value is -0.503. The molecule has 0 spiro atoms. The van der Waals surface area contributed by atoms with Crippen LogP contribution in [0.25, 0.3) is 0 Å². The lowest BCUT2D eigenvalue weighted by Crippen LogP contribution is -2.24. The highest BCUT2D eigenvalue weighted by Gasteiger charge is 2.17. The molecule has 1 aliphatic carbocycles. The molecule has 0 heterocycles. The molecule has 2 heteroatoms. The Morgan fingerprint density at radius 2 is 2.20 bits per heavy atom. The summed E-state index contributed by atoms with van der Waals surface area (Å²) in [4.78, 5) is 0. The second kappa shape index (κ2) is 2.62. The van der Waals surface area contributed by atoms with Crippen molar-refractivity contribution in [2.24, 2.45) is 0 Å². The van der Waals surface area contributed by atoms with Crippen molar-refractivity contribution >= 4 is 8.32 Å². The highest BCUT2D eigenvalue weighted by molar-refractivity contribution is 6.70. The minimum atomic E-state index is -1.37. The van der Waals surface area contributed by atoms with Gasteiger partial charge in [-0.1, -0.05) is 6.08 Å². The summed E-state index contributed by atoms with van der Waals surface area (Å²) in [7, 11) is -1.37. The predicted octanol–water partition coefficient (Wildman–Crippen LogP) is 2.48. The van der Waals surface area contributed by atoms with Gasteiger partial charge in [-0.05, 0) is 32.1 Å². The molecule has 0 aliphatic heterocycles. The van der Waals surface area contributed by atoms with E-state index in [4.69, 9.17) is 4.43 Å². The molecule has 1 nitrogen and oxygen atoms in total. The molecular formula is C8H13OSi. The van der Waals surface area contributed by atoms with E-state index >= 15 is 0 Å². The summed E-state index contributed by atoms with van der Waals surface area (Å²) >= 11 is 0. The van der Waals surface area contributed by atoms with Crippen LogP contribution in [0.2, 0.25) is 19.6 Å². The molecule has 0 aromatic rings. The quantitative estimate of drug-likeness (QED) is 0.554. The van der Waals surface area contributed by atoms with E-state index < -0.39 is 8.32 Å². The minimum Gasteiger partial charge on any atom is -0.544 e. The Morgan fingerprint density at radius 1 is 1.50 bits per heavy atom. The third-order valence-electron chi connectivity index (χ3n) is 1.08. The zero-order chi connectivity index (χ0) is 7.61. The fourth-order valence-corrected chi connectivity index (χ4v) is 1.58. The Balaban J connectivity index is 2.46. The van der Waals surface area contributed by atoms with Gasteiger partial charge in [0.25, 0.3) is 0 Å². The number of hydrogen-bond donors (Lipinski definition) is 0. The second-order valence-electron chi connectivity index (χ2n) is 3.36. The van der Waals surface area contributed by atoms with Crippen molar-refractivity contribution in [2.45, 2.75) is 26.1 Å². The maximum Gasteiger partial charge on any atom is 0.242 e. The molecule has 10 heavy (non-hydrogen) atoms. The molecule has 0 saturated carbocycles. The van der Waals surface area contributed by atoms with E-state index in [9.17, 15) is 0 Å². The lowest BCUT2D eigenvalue weighted by molar-refractivity contribution is 0.440. The third-order valence-corrected chi connectivity index (χ3v) is 1.91. The average Bonchev–Trinajstić information content (AvgIpc) is 2.12. The van der Waals surface area contributed by atoms with Crippen molar-refractivity contribution in [1.82, 2.24) is 0 Å². The Labute approximate surface area is 63.5 Å². The summed E-state index contributed by atoms with van der Waals surface area (Å²) in [6.07, 6.45) is 8.11. The molecule has 0 unspecified atom stereocenters. The maximum absolute atomic E-state index is 5.66. The van der Waals surface area contributed by atoms with Crippen molar-refractivity contribution in [3.05, 3.63) is 24.0 Å². The first-order chi connectivity index (χ1) is 4.58. The first kappa shape index (κ1) is 7.60. The molecular weight excluding hydrogens is 140 g/mol. The lowest BCUT2D eigenvalue weighted by atomic mass is 10.5. The smallest absolute Gasteiger partial charge is 0.242 e. The number of allylic oxidation sites excluding steroid dienone is 3. The van der Waals surface area contributed by atoms with Crippen LogP contribution in [0.15, 0.2) is 17.9 Å². The van der Waals surface area contributed by atoms with Crippen molar-refractivity contribution in [1.29, 1.82) is 0 Å². The molecule has 0 aromatic heterocycles. The van der Waals surface area contributed by atoms with Crippen molar-refractivity contribution in [3.8, 4) is 0 Å². The number of hydrogen-bond acceptors (Lipinski definition) is 1. The fraction of sp³-hybridized carbons (Fsp3) is 0.500. The number of rotatable bonds is 2. The second-order valence-corrected chi connectivity index (χ2v) is 7.79. The molecule has 55 valence electrons. The monoisotopic (exact) mass is 153 g/mol. The van der Waals surface area contributed by atoms with Crippen LogP contribution in [-0.4, -0.2) is 8.32 Å². The van der Waals surface area contributed by atoms with E-state index in [1.807, 2.05) is 6.08 Å². The van der Waals surface area contributed by atoms with Gasteiger partial charge in [-0.25, -0.2) is 0 Å². The zero-order valence-corrected chi connectivity index (χ0v) is 7.77. The molecule has 0 N–H and O–H groups in total.